The van der Waals surface area contributed by atoms with E-state index in [4.69, 9.17) is 0 Å². The van der Waals surface area contributed by atoms with E-state index in [1.54, 1.807) is 0 Å². The van der Waals surface area contributed by atoms with Crippen LogP contribution in [0, 0.1) is 0 Å². The molecule has 2 rings (SSSR count). The van der Waals surface area contributed by atoms with Gasteiger partial charge in [0.1, 0.15) is 17.5 Å². The van der Waals surface area contributed by atoms with Gasteiger partial charge in [-0.25, -0.2) is 9.97 Å². The monoisotopic (exact) mass is 262 g/mol. The second kappa shape index (κ2) is 5.76. The highest BCUT2D eigenvalue weighted by Crippen LogP contribution is 2.37. The summed E-state index contributed by atoms with van der Waals surface area (Å²) in [6.45, 7) is 9.49. The molecule has 0 amide bonds. The third-order valence-electron chi connectivity index (χ3n) is 4.00. The molecule has 1 heterocycles. The molecule has 0 unspecified atom stereocenters. The van der Waals surface area contributed by atoms with Crippen LogP contribution in [0.4, 0.5) is 11.6 Å². The third kappa shape index (κ3) is 3.17. The summed E-state index contributed by atoms with van der Waals surface area (Å²) in [7, 11) is 0. The molecular weight excluding hydrogens is 236 g/mol. The average molecular weight is 262 g/mol. The minimum absolute atomic E-state index is 0.270. The van der Waals surface area contributed by atoms with Crippen LogP contribution in [-0.4, -0.2) is 22.1 Å². The summed E-state index contributed by atoms with van der Waals surface area (Å²) in [6.07, 6.45) is 4.98. The maximum Gasteiger partial charge on any atom is 0.135 e. The van der Waals surface area contributed by atoms with Crippen LogP contribution in [-0.2, 0) is 0 Å². The zero-order valence-electron chi connectivity index (χ0n) is 12.6. The molecule has 0 aromatic carbocycles. The third-order valence-corrected chi connectivity index (χ3v) is 4.00. The Labute approximate surface area is 116 Å². The smallest absolute Gasteiger partial charge is 0.135 e. The van der Waals surface area contributed by atoms with Crippen molar-refractivity contribution in [2.24, 2.45) is 0 Å². The van der Waals surface area contributed by atoms with Gasteiger partial charge in [0.15, 0.2) is 0 Å². The Kier molecular flexibility index (Phi) is 4.27. The van der Waals surface area contributed by atoms with Crippen molar-refractivity contribution in [3.05, 3.63) is 11.9 Å². The van der Waals surface area contributed by atoms with Crippen LogP contribution in [0.1, 0.15) is 65.1 Å². The molecule has 0 spiro atoms. The van der Waals surface area contributed by atoms with Crippen LogP contribution >= 0.6 is 0 Å². The van der Waals surface area contributed by atoms with Crippen LogP contribution in [0.15, 0.2) is 6.07 Å². The number of nitrogens with zero attached hydrogens (tertiary/aromatic N) is 2. The molecule has 1 saturated carbocycles. The Morgan fingerprint density at radius 1 is 1.21 bits per heavy atom. The summed E-state index contributed by atoms with van der Waals surface area (Å²) in [6, 6.07) is 2.03. The largest absolute Gasteiger partial charge is 0.370 e. The predicted molar refractivity (Wildman–Crippen MR) is 80.8 cm³/mol. The Balaban J connectivity index is 2.23. The molecular formula is C15H26N4. The summed E-state index contributed by atoms with van der Waals surface area (Å²) in [5.41, 5.74) is 0.270. The van der Waals surface area contributed by atoms with Crippen molar-refractivity contribution >= 4 is 11.6 Å². The summed E-state index contributed by atoms with van der Waals surface area (Å²) >= 11 is 0. The number of aromatic nitrogens is 2. The van der Waals surface area contributed by atoms with Gasteiger partial charge in [0.05, 0.1) is 0 Å². The molecule has 1 aliphatic carbocycles. The molecule has 0 radical (unpaired) electrons. The fourth-order valence-corrected chi connectivity index (χ4v) is 2.50. The van der Waals surface area contributed by atoms with Gasteiger partial charge in [-0.2, -0.15) is 0 Å². The molecule has 19 heavy (non-hydrogen) atoms. The maximum atomic E-state index is 4.67. The van der Waals surface area contributed by atoms with Gasteiger partial charge in [-0.3, -0.25) is 0 Å². The summed E-state index contributed by atoms with van der Waals surface area (Å²) < 4.78 is 0. The molecule has 106 valence electrons. The minimum atomic E-state index is 0.270. The SMILES string of the molecule is CCNc1cc(NC2(CC)CCC2)nc(C(C)C)n1. The van der Waals surface area contributed by atoms with E-state index in [9.17, 15) is 0 Å². The minimum Gasteiger partial charge on any atom is -0.370 e. The molecule has 4 nitrogen and oxygen atoms in total. The molecule has 0 atom stereocenters. The average Bonchev–Trinajstić information content (AvgIpc) is 2.34. The molecule has 1 aliphatic rings. The van der Waals surface area contributed by atoms with Gasteiger partial charge < -0.3 is 10.6 Å². The highest BCUT2D eigenvalue weighted by Gasteiger charge is 2.35. The van der Waals surface area contributed by atoms with Crippen molar-refractivity contribution < 1.29 is 0 Å². The van der Waals surface area contributed by atoms with Crippen molar-refractivity contribution in [1.29, 1.82) is 0 Å². The first-order valence-corrected chi connectivity index (χ1v) is 7.49. The summed E-state index contributed by atoms with van der Waals surface area (Å²) in [5, 5.41) is 6.94. The van der Waals surface area contributed by atoms with Crippen LogP contribution in [0.2, 0.25) is 0 Å². The quantitative estimate of drug-likeness (QED) is 0.819. The summed E-state index contributed by atoms with van der Waals surface area (Å²) in [4.78, 5) is 9.23. The van der Waals surface area contributed by atoms with Gasteiger partial charge in [0.25, 0.3) is 0 Å². The zero-order valence-corrected chi connectivity index (χ0v) is 12.6. The van der Waals surface area contributed by atoms with Crippen molar-refractivity contribution in [2.75, 3.05) is 17.2 Å². The Morgan fingerprint density at radius 3 is 2.37 bits per heavy atom. The van der Waals surface area contributed by atoms with Gasteiger partial charge in [-0.05, 0) is 32.6 Å². The van der Waals surface area contributed by atoms with Gasteiger partial charge in [-0.1, -0.05) is 20.8 Å². The molecule has 1 fully saturated rings. The summed E-state index contributed by atoms with van der Waals surface area (Å²) in [5.74, 6) is 3.15. The van der Waals surface area contributed by atoms with E-state index < -0.39 is 0 Å². The Bertz CT molecular complexity index is 419. The number of hydrogen-bond acceptors (Lipinski definition) is 4. The number of anilines is 2. The molecule has 1 aromatic heterocycles. The molecule has 0 saturated heterocycles. The second-order valence-corrected chi connectivity index (χ2v) is 5.79. The predicted octanol–water partition coefficient (Wildman–Crippen LogP) is 3.78. The lowest BCUT2D eigenvalue weighted by molar-refractivity contribution is 0.268. The highest BCUT2D eigenvalue weighted by molar-refractivity contribution is 5.49. The second-order valence-electron chi connectivity index (χ2n) is 5.79. The van der Waals surface area contributed by atoms with E-state index in [-0.39, 0.29) is 5.54 Å². The lowest BCUT2D eigenvalue weighted by Gasteiger charge is -2.42. The topological polar surface area (TPSA) is 49.8 Å². The number of nitrogens with one attached hydrogen (secondary N) is 2. The van der Waals surface area contributed by atoms with Gasteiger partial charge in [0.2, 0.25) is 0 Å². The Morgan fingerprint density at radius 2 is 1.89 bits per heavy atom. The van der Waals surface area contributed by atoms with E-state index >= 15 is 0 Å². The van der Waals surface area contributed by atoms with Crippen molar-refractivity contribution in [2.45, 2.75) is 64.8 Å². The fraction of sp³-hybridized carbons (Fsp3) is 0.733. The number of rotatable bonds is 6. The highest BCUT2D eigenvalue weighted by atomic mass is 15.1. The molecule has 4 heteroatoms. The van der Waals surface area contributed by atoms with E-state index in [2.05, 4.69) is 48.3 Å². The number of hydrogen-bond donors (Lipinski definition) is 2. The molecule has 0 aliphatic heterocycles. The van der Waals surface area contributed by atoms with E-state index in [1.807, 2.05) is 6.07 Å². The van der Waals surface area contributed by atoms with E-state index in [0.717, 1.165) is 30.4 Å². The lowest BCUT2D eigenvalue weighted by atomic mass is 9.75. The van der Waals surface area contributed by atoms with E-state index in [0.29, 0.717) is 5.92 Å². The van der Waals surface area contributed by atoms with Crippen LogP contribution < -0.4 is 10.6 Å². The first-order chi connectivity index (χ1) is 9.08. The van der Waals surface area contributed by atoms with E-state index in [1.165, 1.54) is 19.3 Å². The Hall–Kier alpha value is -1.32. The molecule has 1 aromatic rings. The van der Waals surface area contributed by atoms with Crippen LogP contribution in [0.5, 0.6) is 0 Å². The first-order valence-electron chi connectivity index (χ1n) is 7.49. The fourth-order valence-electron chi connectivity index (χ4n) is 2.50. The van der Waals surface area contributed by atoms with Crippen molar-refractivity contribution in [1.82, 2.24) is 9.97 Å². The van der Waals surface area contributed by atoms with Crippen LogP contribution in [0.3, 0.4) is 0 Å². The van der Waals surface area contributed by atoms with Gasteiger partial charge in [-0.15, -0.1) is 0 Å². The van der Waals surface area contributed by atoms with Crippen molar-refractivity contribution in [3.8, 4) is 0 Å². The van der Waals surface area contributed by atoms with Gasteiger partial charge >= 0.3 is 0 Å². The first kappa shape index (κ1) is 14.1. The zero-order chi connectivity index (χ0) is 13.9. The molecule has 0 bridgehead atoms. The lowest BCUT2D eigenvalue weighted by Crippen LogP contribution is -2.44. The standard InChI is InChI=1S/C15H26N4/c1-5-15(8-7-9-15)19-13-10-12(16-6-2)17-14(18-13)11(3)4/h10-11H,5-9H2,1-4H3,(H2,16,17,18,19). The van der Waals surface area contributed by atoms with Crippen LogP contribution in [0.25, 0.3) is 0 Å². The normalized spacial score (nSPS) is 17.1. The maximum absolute atomic E-state index is 4.67. The van der Waals surface area contributed by atoms with Gasteiger partial charge in [0, 0.05) is 24.1 Å². The molecule has 2 N–H and O–H groups in total. The van der Waals surface area contributed by atoms with Crippen molar-refractivity contribution in [3.63, 3.8) is 0 Å².